The molecule has 0 saturated carbocycles. The number of fused-ring (bicyclic) bond motifs is 1. The predicted molar refractivity (Wildman–Crippen MR) is 115 cm³/mol. The van der Waals surface area contributed by atoms with E-state index >= 15 is 0 Å². The molecule has 154 valence electrons. The average molecular weight is 403 g/mol. The lowest BCUT2D eigenvalue weighted by molar-refractivity contribution is -0.121. The van der Waals surface area contributed by atoms with Gasteiger partial charge in [-0.05, 0) is 43.5 Å². The summed E-state index contributed by atoms with van der Waals surface area (Å²) in [6, 6.07) is 17.6. The Hall–Kier alpha value is -3.41. The summed E-state index contributed by atoms with van der Waals surface area (Å²) in [5, 5.41) is 2.83. The first-order valence-corrected chi connectivity index (χ1v) is 10.3. The molecule has 0 radical (unpaired) electrons. The first-order chi connectivity index (χ1) is 14.6. The van der Waals surface area contributed by atoms with E-state index in [1.54, 1.807) is 6.92 Å². The van der Waals surface area contributed by atoms with E-state index < -0.39 is 0 Å². The molecule has 0 bridgehead atoms. The monoisotopic (exact) mass is 403 g/mol. The van der Waals surface area contributed by atoms with Gasteiger partial charge in [-0.15, -0.1) is 0 Å². The minimum Gasteiger partial charge on any atom is -0.441 e. The van der Waals surface area contributed by atoms with Crippen molar-refractivity contribution in [2.24, 2.45) is 0 Å². The predicted octanol–water partition coefficient (Wildman–Crippen LogP) is 3.68. The van der Waals surface area contributed by atoms with Crippen LogP contribution in [0.25, 0.3) is 11.5 Å². The normalized spacial score (nSPS) is 13.0. The summed E-state index contributed by atoms with van der Waals surface area (Å²) in [4.78, 5) is 31.3. The van der Waals surface area contributed by atoms with Crippen molar-refractivity contribution >= 4 is 17.5 Å². The number of anilines is 1. The summed E-state index contributed by atoms with van der Waals surface area (Å²) in [6.07, 6.45) is 2.36. The smallest absolute Gasteiger partial charge is 0.228 e. The Labute approximate surface area is 175 Å². The molecule has 6 nitrogen and oxygen atoms in total. The largest absolute Gasteiger partial charge is 0.441 e. The first-order valence-electron chi connectivity index (χ1n) is 10.3. The third-order valence-corrected chi connectivity index (χ3v) is 5.31. The van der Waals surface area contributed by atoms with Gasteiger partial charge in [0.1, 0.15) is 5.76 Å². The molecule has 0 saturated heterocycles. The van der Waals surface area contributed by atoms with E-state index in [4.69, 9.17) is 4.42 Å². The van der Waals surface area contributed by atoms with Crippen LogP contribution in [0.15, 0.2) is 59.0 Å². The molecule has 1 aliphatic heterocycles. The molecule has 1 aliphatic rings. The minimum atomic E-state index is -0.169. The van der Waals surface area contributed by atoms with Crippen molar-refractivity contribution in [2.75, 3.05) is 18.0 Å². The highest BCUT2D eigenvalue weighted by Gasteiger charge is 2.22. The van der Waals surface area contributed by atoms with Gasteiger partial charge in [0, 0.05) is 30.8 Å². The van der Waals surface area contributed by atoms with Gasteiger partial charge >= 0.3 is 0 Å². The van der Waals surface area contributed by atoms with Crippen LogP contribution < -0.4 is 10.2 Å². The molecule has 0 fully saturated rings. The molecule has 2 amide bonds. The summed E-state index contributed by atoms with van der Waals surface area (Å²) in [7, 11) is 0. The standard InChI is InChI=1S/C24H25N3O3/c1-17-20(26-24(30-17)19-9-3-2-4-10-19)16-22(28)25-14-13-23(29)27-15-7-11-18-8-5-6-12-21(18)27/h2-6,8-10,12H,7,11,13-16H2,1H3,(H,25,28). The molecule has 0 spiro atoms. The van der Waals surface area contributed by atoms with E-state index in [0.717, 1.165) is 30.6 Å². The second-order valence-corrected chi connectivity index (χ2v) is 7.44. The first kappa shape index (κ1) is 19.9. The highest BCUT2D eigenvalue weighted by Crippen LogP contribution is 2.27. The fourth-order valence-corrected chi connectivity index (χ4v) is 3.75. The molecule has 2 aromatic carbocycles. The van der Waals surface area contributed by atoms with E-state index in [1.165, 1.54) is 5.56 Å². The van der Waals surface area contributed by atoms with Crippen molar-refractivity contribution in [3.63, 3.8) is 0 Å². The number of oxazole rings is 1. The van der Waals surface area contributed by atoms with Crippen LogP contribution in [0.2, 0.25) is 0 Å². The van der Waals surface area contributed by atoms with Crippen LogP contribution in [0.3, 0.4) is 0 Å². The number of carbonyl (C=O) groups is 2. The van der Waals surface area contributed by atoms with E-state index in [-0.39, 0.29) is 24.7 Å². The minimum absolute atomic E-state index is 0.0337. The van der Waals surface area contributed by atoms with Crippen molar-refractivity contribution in [3.05, 3.63) is 71.6 Å². The zero-order valence-electron chi connectivity index (χ0n) is 17.1. The van der Waals surface area contributed by atoms with Crippen molar-refractivity contribution < 1.29 is 14.0 Å². The van der Waals surface area contributed by atoms with Crippen LogP contribution in [0.5, 0.6) is 0 Å². The molecule has 30 heavy (non-hydrogen) atoms. The van der Waals surface area contributed by atoms with Crippen molar-refractivity contribution in [2.45, 2.75) is 32.6 Å². The lowest BCUT2D eigenvalue weighted by Crippen LogP contribution is -2.38. The second kappa shape index (κ2) is 8.95. The number of amides is 2. The molecule has 0 unspecified atom stereocenters. The third-order valence-electron chi connectivity index (χ3n) is 5.31. The van der Waals surface area contributed by atoms with E-state index in [0.29, 0.717) is 23.9 Å². The van der Waals surface area contributed by atoms with Crippen LogP contribution in [0.1, 0.15) is 29.9 Å². The quantitative estimate of drug-likeness (QED) is 0.681. The van der Waals surface area contributed by atoms with Gasteiger partial charge in [-0.25, -0.2) is 4.98 Å². The van der Waals surface area contributed by atoms with Gasteiger partial charge in [-0.3, -0.25) is 9.59 Å². The molecule has 6 heteroatoms. The Morgan fingerprint density at radius 2 is 1.87 bits per heavy atom. The molecule has 4 rings (SSSR count). The van der Waals surface area contributed by atoms with Gasteiger partial charge < -0.3 is 14.6 Å². The molecule has 1 N–H and O–H groups in total. The number of rotatable bonds is 6. The van der Waals surface area contributed by atoms with E-state index in [9.17, 15) is 9.59 Å². The molecular formula is C24H25N3O3. The zero-order valence-corrected chi connectivity index (χ0v) is 17.1. The van der Waals surface area contributed by atoms with Crippen LogP contribution in [-0.4, -0.2) is 29.9 Å². The zero-order chi connectivity index (χ0) is 20.9. The van der Waals surface area contributed by atoms with Gasteiger partial charge in [0.2, 0.25) is 17.7 Å². The fraction of sp³-hybridized carbons (Fsp3) is 0.292. The maximum atomic E-state index is 12.7. The Balaban J connectivity index is 1.30. The number of para-hydroxylation sites is 1. The number of aromatic nitrogens is 1. The summed E-state index contributed by atoms with van der Waals surface area (Å²) < 4.78 is 5.71. The number of nitrogens with one attached hydrogen (secondary N) is 1. The maximum absolute atomic E-state index is 12.7. The molecule has 3 aromatic rings. The molecular weight excluding hydrogens is 378 g/mol. The number of hydrogen-bond acceptors (Lipinski definition) is 4. The third kappa shape index (κ3) is 4.43. The molecule has 0 atom stereocenters. The Morgan fingerprint density at radius 3 is 2.70 bits per heavy atom. The summed E-state index contributed by atoms with van der Waals surface area (Å²) in [6.45, 7) is 2.84. The van der Waals surface area contributed by atoms with Gasteiger partial charge in [-0.1, -0.05) is 36.4 Å². The Morgan fingerprint density at radius 1 is 1.10 bits per heavy atom. The topological polar surface area (TPSA) is 75.4 Å². The average Bonchev–Trinajstić information content (AvgIpc) is 3.14. The molecule has 2 heterocycles. The summed E-state index contributed by atoms with van der Waals surface area (Å²) in [5.74, 6) is 1.00. The number of hydrogen-bond donors (Lipinski definition) is 1. The fourth-order valence-electron chi connectivity index (χ4n) is 3.75. The second-order valence-electron chi connectivity index (χ2n) is 7.44. The lowest BCUT2D eigenvalue weighted by Gasteiger charge is -2.29. The SMILES string of the molecule is Cc1oc(-c2ccccc2)nc1CC(=O)NCCC(=O)N1CCCc2ccccc21. The van der Waals surface area contributed by atoms with Gasteiger partial charge in [0.15, 0.2) is 0 Å². The Bertz CT molecular complexity index is 1040. The maximum Gasteiger partial charge on any atom is 0.228 e. The Kier molecular flexibility index (Phi) is 5.93. The van der Waals surface area contributed by atoms with Gasteiger partial charge in [0.25, 0.3) is 0 Å². The van der Waals surface area contributed by atoms with Crippen LogP contribution in [0, 0.1) is 6.92 Å². The molecule has 1 aromatic heterocycles. The summed E-state index contributed by atoms with van der Waals surface area (Å²) in [5.41, 5.74) is 3.69. The van der Waals surface area contributed by atoms with Crippen LogP contribution >= 0.6 is 0 Å². The number of benzene rings is 2. The highest BCUT2D eigenvalue weighted by molar-refractivity contribution is 5.95. The van der Waals surface area contributed by atoms with E-state index in [2.05, 4.69) is 16.4 Å². The van der Waals surface area contributed by atoms with Crippen LogP contribution in [-0.2, 0) is 22.4 Å². The number of carbonyl (C=O) groups excluding carboxylic acids is 2. The van der Waals surface area contributed by atoms with Crippen molar-refractivity contribution in [1.29, 1.82) is 0 Å². The van der Waals surface area contributed by atoms with Crippen molar-refractivity contribution in [3.8, 4) is 11.5 Å². The van der Waals surface area contributed by atoms with E-state index in [1.807, 2.05) is 53.4 Å². The molecule has 0 aliphatic carbocycles. The highest BCUT2D eigenvalue weighted by atomic mass is 16.4. The van der Waals surface area contributed by atoms with Gasteiger partial charge in [0.05, 0.1) is 12.1 Å². The van der Waals surface area contributed by atoms with Crippen molar-refractivity contribution in [1.82, 2.24) is 10.3 Å². The van der Waals surface area contributed by atoms with Crippen LogP contribution in [0.4, 0.5) is 5.69 Å². The van der Waals surface area contributed by atoms with Gasteiger partial charge in [-0.2, -0.15) is 0 Å². The number of nitrogens with zero attached hydrogens (tertiary/aromatic N) is 2. The lowest BCUT2D eigenvalue weighted by atomic mass is 10.0. The number of aryl methyl sites for hydroxylation is 2. The summed E-state index contributed by atoms with van der Waals surface area (Å²) >= 11 is 0.